The molecule has 232 valence electrons. The normalized spacial score (nSPS) is 28.3. The van der Waals surface area contributed by atoms with Gasteiger partial charge < -0.3 is 25.2 Å². The SMILES string of the molecule is CC1(O)CCN2c3nc(OC[C@@]45CCCN4C[C@H](F)C5)nc4c(F)c(-c5ccc(F)c6sc(N)nc56)c(Cl)c(c34)OCCC21. The molecule has 2 aromatic heterocycles. The van der Waals surface area contributed by atoms with Crippen molar-refractivity contribution in [1.82, 2.24) is 19.9 Å². The highest BCUT2D eigenvalue weighted by Gasteiger charge is 2.50. The zero-order chi connectivity index (χ0) is 30.5. The Morgan fingerprint density at radius 1 is 1.20 bits per heavy atom. The van der Waals surface area contributed by atoms with Crippen molar-refractivity contribution in [2.75, 3.05) is 43.5 Å². The molecule has 0 amide bonds. The summed E-state index contributed by atoms with van der Waals surface area (Å²) in [6.07, 6.45) is 2.07. The van der Waals surface area contributed by atoms with Gasteiger partial charge in [0.25, 0.3) is 0 Å². The largest absolute Gasteiger partial charge is 0.491 e. The third kappa shape index (κ3) is 4.15. The van der Waals surface area contributed by atoms with Crippen LogP contribution in [0, 0.1) is 11.6 Å². The summed E-state index contributed by atoms with van der Waals surface area (Å²) in [5, 5.41) is 11.6. The summed E-state index contributed by atoms with van der Waals surface area (Å²) in [6.45, 7) is 3.74. The quantitative estimate of drug-likeness (QED) is 0.298. The Bertz CT molecular complexity index is 1840. The first-order valence-corrected chi connectivity index (χ1v) is 16.0. The zero-order valence-electron chi connectivity index (χ0n) is 23.9. The van der Waals surface area contributed by atoms with Crippen LogP contribution in [0.5, 0.6) is 11.8 Å². The van der Waals surface area contributed by atoms with Crippen molar-refractivity contribution in [3.8, 4) is 22.9 Å². The number of nitrogens with zero attached hydrogens (tertiary/aromatic N) is 5. The maximum Gasteiger partial charge on any atom is 0.319 e. The lowest BCUT2D eigenvalue weighted by molar-refractivity contribution is 0.0438. The molecule has 0 spiro atoms. The number of halogens is 4. The van der Waals surface area contributed by atoms with Crippen LogP contribution in [0.1, 0.15) is 39.0 Å². The van der Waals surface area contributed by atoms with Gasteiger partial charge in [-0.05, 0) is 44.9 Å². The van der Waals surface area contributed by atoms with Gasteiger partial charge in [-0.2, -0.15) is 9.97 Å². The molecule has 14 heteroatoms. The van der Waals surface area contributed by atoms with Gasteiger partial charge in [0.2, 0.25) is 0 Å². The van der Waals surface area contributed by atoms with Gasteiger partial charge in [0.05, 0.1) is 44.4 Å². The number of aromatic nitrogens is 3. The smallest absolute Gasteiger partial charge is 0.319 e. The minimum atomic E-state index is -1.03. The molecule has 4 aliphatic rings. The molecule has 0 saturated carbocycles. The Hall–Kier alpha value is -3.13. The third-order valence-corrected chi connectivity index (χ3v) is 11.1. The van der Waals surface area contributed by atoms with Gasteiger partial charge in [-0.25, -0.2) is 18.2 Å². The molecule has 2 unspecified atom stereocenters. The first-order chi connectivity index (χ1) is 21.1. The number of nitrogens with two attached hydrogens (primary N) is 1. The molecule has 4 aromatic rings. The van der Waals surface area contributed by atoms with Crippen LogP contribution in [0.2, 0.25) is 5.02 Å². The fourth-order valence-corrected chi connectivity index (χ4v) is 8.82. The lowest BCUT2D eigenvalue weighted by Gasteiger charge is -2.35. The average Bonchev–Trinajstić information content (AvgIpc) is 3.70. The summed E-state index contributed by atoms with van der Waals surface area (Å²) in [5.74, 6) is -0.787. The number of aliphatic hydroxyl groups is 1. The lowest BCUT2D eigenvalue weighted by atomic mass is 9.94. The van der Waals surface area contributed by atoms with Crippen molar-refractivity contribution in [2.45, 2.75) is 62.4 Å². The molecule has 0 radical (unpaired) electrons. The zero-order valence-corrected chi connectivity index (χ0v) is 25.5. The summed E-state index contributed by atoms with van der Waals surface area (Å²) in [7, 11) is 0. The summed E-state index contributed by atoms with van der Waals surface area (Å²) in [6, 6.07) is 2.21. The maximum atomic E-state index is 16.9. The highest BCUT2D eigenvalue weighted by molar-refractivity contribution is 7.22. The van der Waals surface area contributed by atoms with Gasteiger partial charge in [-0.1, -0.05) is 22.9 Å². The van der Waals surface area contributed by atoms with E-state index in [4.69, 9.17) is 31.8 Å². The van der Waals surface area contributed by atoms with Crippen molar-refractivity contribution >= 4 is 55.0 Å². The van der Waals surface area contributed by atoms with E-state index in [1.807, 2.05) is 4.90 Å². The van der Waals surface area contributed by atoms with Crippen molar-refractivity contribution in [1.29, 1.82) is 0 Å². The molecule has 0 bridgehead atoms. The van der Waals surface area contributed by atoms with Gasteiger partial charge in [-0.15, -0.1) is 0 Å². The number of ether oxygens (including phenoxy) is 2. The van der Waals surface area contributed by atoms with E-state index in [0.717, 1.165) is 30.7 Å². The van der Waals surface area contributed by atoms with Gasteiger partial charge >= 0.3 is 6.01 Å². The number of nitrogen functional groups attached to an aromatic ring is 1. The van der Waals surface area contributed by atoms with E-state index >= 15 is 4.39 Å². The maximum absolute atomic E-state index is 16.9. The number of hydrogen-bond donors (Lipinski definition) is 2. The number of anilines is 2. The fraction of sp³-hybridized carbons (Fsp3) is 0.500. The summed E-state index contributed by atoms with van der Waals surface area (Å²) < 4.78 is 58.7. The Labute approximate surface area is 259 Å². The second-order valence-corrected chi connectivity index (χ2v) is 13.9. The first-order valence-electron chi connectivity index (χ1n) is 14.8. The van der Waals surface area contributed by atoms with E-state index in [-0.39, 0.29) is 73.4 Å². The number of hydrogen-bond acceptors (Lipinski definition) is 10. The Kier molecular flexibility index (Phi) is 6.40. The second kappa shape index (κ2) is 9.93. The number of rotatable bonds is 4. The molecular formula is C30H30ClF3N6O3S. The van der Waals surface area contributed by atoms with Crippen LogP contribution in [0.25, 0.3) is 32.2 Å². The summed E-state index contributed by atoms with van der Waals surface area (Å²) in [5.41, 5.74) is 4.69. The highest BCUT2D eigenvalue weighted by Crippen LogP contribution is 2.51. The van der Waals surface area contributed by atoms with Crippen LogP contribution in [0.15, 0.2) is 12.1 Å². The molecule has 3 N–H and O–H groups in total. The van der Waals surface area contributed by atoms with Crippen LogP contribution in [-0.2, 0) is 0 Å². The Morgan fingerprint density at radius 3 is 2.89 bits per heavy atom. The van der Waals surface area contributed by atoms with E-state index in [0.29, 0.717) is 38.2 Å². The molecule has 3 saturated heterocycles. The Morgan fingerprint density at radius 2 is 2.05 bits per heavy atom. The molecule has 4 atom stereocenters. The number of thiazole rings is 1. The van der Waals surface area contributed by atoms with E-state index < -0.39 is 28.9 Å². The van der Waals surface area contributed by atoms with Gasteiger partial charge in [0, 0.05) is 37.1 Å². The van der Waals surface area contributed by atoms with Crippen LogP contribution in [0.4, 0.5) is 24.1 Å². The molecule has 0 aliphatic carbocycles. The van der Waals surface area contributed by atoms with E-state index in [9.17, 15) is 13.9 Å². The van der Waals surface area contributed by atoms with Crippen molar-refractivity contribution < 1.29 is 27.8 Å². The molecular weight excluding hydrogens is 617 g/mol. The fourth-order valence-electron chi connectivity index (χ4n) is 7.72. The number of alkyl halides is 1. The van der Waals surface area contributed by atoms with Gasteiger partial charge in [0.15, 0.2) is 16.7 Å². The number of fused-ring (bicyclic) bond motifs is 4. The minimum absolute atomic E-state index is 0.0298. The predicted molar refractivity (Wildman–Crippen MR) is 163 cm³/mol. The molecule has 44 heavy (non-hydrogen) atoms. The predicted octanol–water partition coefficient (Wildman–Crippen LogP) is 5.49. The topological polar surface area (TPSA) is 110 Å². The molecule has 6 heterocycles. The van der Waals surface area contributed by atoms with E-state index in [1.54, 1.807) is 6.92 Å². The molecule has 9 nitrogen and oxygen atoms in total. The average molecular weight is 647 g/mol. The molecule has 8 rings (SSSR count). The molecule has 2 aromatic carbocycles. The lowest BCUT2D eigenvalue weighted by Crippen LogP contribution is -2.45. The van der Waals surface area contributed by atoms with Gasteiger partial charge in [-0.3, -0.25) is 4.90 Å². The minimum Gasteiger partial charge on any atom is -0.491 e. The van der Waals surface area contributed by atoms with Crippen LogP contribution in [-0.4, -0.2) is 81.2 Å². The van der Waals surface area contributed by atoms with Crippen LogP contribution >= 0.6 is 22.9 Å². The monoisotopic (exact) mass is 646 g/mol. The van der Waals surface area contributed by atoms with E-state index in [1.165, 1.54) is 12.1 Å². The third-order valence-electron chi connectivity index (χ3n) is 9.82. The van der Waals surface area contributed by atoms with Crippen molar-refractivity contribution in [2.24, 2.45) is 0 Å². The number of benzene rings is 2. The summed E-state index contributed by atoms with van der Waals surface area (Å²) in [4.78, 5) is 17.7. The highest BCUT2D eigenvalue weighted by atomic mass is 35.5. The van der Waals surface area contributed by atoms with Crippen molar-refractivity contribution in [3.05, 3.63) is 28.8 Å². The van der Waals surface area contributed by atoms with Gasteiger partial charge in [0.1, 0.15) is 29.9 Å². The summed E-state index contributed by atoms with van der Waals surface area (Å²) >= 11 is 7.92. The molecule has 3 fully saturated rings. The van der Waals surface area contributed by atoms with Crippen molar-refractivity contribution in [3.63, 3.8) is 0 Å². The van der Waals surface area contributed by atoms with Crippen LogP contribution < -0.4 is 20.1 Å². The standard InChI is InChI=1S/C30H30ClF3N6O3S/c1-29(41)7-9-40-17(29)5-10-42-24-19-23(21(34)18(20(24)31)15-3-4-16(33)25-22(15)36-27(35)44-25)37-28(38-26(19)40)43-13-30-6-2-8-39(30)12-14(32)11-30/h3-4,14,17,41H,2,5-13H2,1H3,(H2,35,36)/t14-,17?,29?,30+/m1/s1. The van der Waals surface area contributed by atoms with E-state index in [2.05, 4.69) is 14.9 Å². The molecule has 4 aliphatic heterocycles. The first kappa shape index (κ1) is 28.4. The van der Waals surface area contributed by atoms with Crippen LogP contribution in [0.3, 0.4) is 0 Å². The second-order valence-electron chi connectivity index (χ2n) is 12.5. The Balaban J connectivity index is 1.34.